The van der Waals surface area contributed by atoms with Crippen molar-refractivity contribution in [1.29, 1.82) is 5.26 Å². The lowest BCUT2D eigenvalue weighted by Gasteiger charge is -1.97. The molecule has 2 nitrogen and oxygen atoms in total. The van der Waals surface area contributed by atoms with E-state index < -0.39 is 0 Å². The molecule has 0 spiro atoms. The Morgan fingerprint density at radius 2 is 1.75 bits per heavy atom. The standard InChI is InChI=1S/C9H13N.CHN/c1-2-3-8-4-6-9(10)7-5-8;1-2/h4-7H,2-3,10H2,1H3;1H. The molecule has 0 amide bonds. The average molecular weight is 162 g/mol. The first kappa shape index (κ1) is 10.5. The lowest BCUT2D eigenvalue weighted by molar-refractivity contribution is 0.922. The minimum absolute atomic E-state index is 0.847. The largest absolute Gasteiger partial charge is 0.399 e. The molecule has 0 saturated heterocycles. The van der Waals surface area contributed by atoms with Crippen LogP contribution in [0.25, 0.3) is 0 Å². The Kier molecular flexibility index (Phi) is 5.46. The van der Waals surface area contributed by atoms with Gasteiger partial charge in [0.2, 0.25) is 0 Å². The number of aryl methyl sites for hydroxylation is 1. The van der Waals surface area contributed by atoms with Crippen LogP contribution in [0.3, 0.4) is 0 Å². The smallest absolute Gasteiger partial charge is 0.0462 e. The van der Waals surface area contributed by atoms with Gasteiger partial charge in [-0.2, -0.15) is 0 Å². The van der Waals surface area contributed by atoms with Gasteiger partial charge in [0.1, 0.15) is 0 Å². The summed E-state index contributed by atoms with van der Waals surface area (Å²) in [5.74, 6) is 0. The van der Waals surface area contributed by atoms with Gasteiger partial charge in [-0.25, -0.2) is 5.26 Å². The molecule has 12 heavy (non-hydrogen) atoms. The molecule has 0 saturated carbocycles. The number of hydrogen-bond acceptors (Lipinski definition) is 2. The van der Waals surface area contributed by atoms with Gasteiger partial charge in [0.25, 0.3) is 0 Å². The number of nitrogen functional groups attached to an aromatic ring is 1. The van der Waals surface area contributed by atoms with Gasteiger partial charge in [-0.3, -0.25) is 0 Å². The van der Waals surface area contributed by atoms with Crippen molar-refractivity contribution in [2.45, 2.75) is 19.8 Å². The van der Waals surface area contributed by atoms with Gasteiger partial charge in [-0.15, -0.1) is 0 Å². The summed E-state index contributed by atoms with van der Waals surface area (Å²) < 4.78 is 0. The van der Waals surface area contributed by atoms with Crippen LogP contribution in [-0.4, -0.2) is 0 Å². The summed E-state index contributed by atoms with van der Waals surface area (Å²) in [6.07, 6.45) is 2.35. The van der Waals surface area contributed by atoms with E-state index >= 15 is 0 Å². The van der Waals surface area contributed by atoms with Crippen molar-refractivity contribution in [2.75, 3.05) is 5.73 Å². The molecule has 1 aromatic rings. The number of nitriles is 1. The van der Waals surface area contributed by atoms with Gasteiger partial charge >= 0.3 is 0 Å². The first-order chi connectivity index (χ1) is 5.83. The molecule has 0 radical (unpaired) electrons. The molecule has 2 N–H and O–H groups in total. The van der Waals surface area contributed by atoms with E-state index in [0.717, 1.165) is 12.1 Å². The fraction of sp³-hybridized carbons (Fsp3) is 0.300. The molecule has 1 rings (SSSR count). The second-order valence-electron chi connectivity index (χ2n) is 2.49. The summed E-state index contributed by atoms with van der Waals surface area (Å²) in [7, 11) is 0. The summed E-state index contributed by atoms with van der Waals surface area (Å²) in [5, 5.41) is 6.50. The van der Waals surface area contributed by atoms with Crippen molar-refractivity contribution >= 4 is 5.69 Å². The predicted molar refractivity (Wildman–Crippen MR) is 51.5 cm³/mol. The van der Waals surface area contributed by atoms with Crippen LogP contribution in [0.15, 0.2) is 24.3 Å². The summed E-state index contributed by atoms with van der Waals surface area (Å²) in [6, 6.07) is 8.06. The molecule has 0 aliphatic heterocycles. The molecule has 0 unspecified atom stereocenters. The molecule has 64 valence electrons. The van der Waals surface area contributed by atoms with Crippen LogP contribution in [0.2, 0.25) is 0 Å². The van der Waals surface area contributed by atoms with Crippen molar-refractivity contribution < 1.29 is 0 Å². The van der Waals surface area contributed by atoms with E-state index in [-0.39, 0.29) is 0 Å². The van der Waals surface area contributed by atoms with Crippen LogP contribution in [-0.2, 0) is 6.42 Å². The van der Waals surface area contributed by atoms with Crippen LogP contribution in [0.1, 0.15) is 18.9 Å². The fourth-order valence-corrected chi connectivity index (χ4v) is 0.973. The summed E-state index contributed by atoms with van der Waals surface area (Å²) in [6.45, 7) is 5.68. The zero-order chi connectivity index (χ0) is 9.40. The maximum atomic E-state index is 6.50. The Bertz CT molecular complexity index is 223. The van der Waals surface area contributed by atoms with Crippen molar-refractivity contribution in [3.05, 3.63) is 29.8 Å². The maximum Gasteiger partial charge on any atom is 0.0462 e. The number of nitrogens with two attached hydrogens (primary N) is 1. The van der Waals surface area contributed by atoms with Gasteiger partial charge in [0.15, 0.2) is 0 Å². The summed E-state index contributed by atoms with van der Waals surface area (Å²) >= 11 is 0. The van der Waals surface area contributed by atoms with Crippen LogP contribution >= 0.6 is 0 Å². The van der Waals surface area contributed by atoms with E-state index in [0.29, 0.717) is 0 Å². The quantitative estimate of drug-likeness (QED) is 0.678. The van der Waals surface area contributed by atoms with Crippen LogP contribution < -0.4 is 5.73 Å². The molecule has 1 aromatic carbocycles. The highest BCUT2D eigenvalue weighted by Crippen LogP contribution is 2.06. The van der Waals surface area contributed by atoms with Gasteiger partial charge in [-0.05, 0) is 24.1 Å². The molecule has 0 aliphatic carbocycles. The van der Waals surface area contributed by atoms with Crippen LogP contribution in [0, 0.1) is 11.8 Å². The molecular formula is C10H14N2. The number of rotatable bonds is 2. The van der Waals surface area contributed by atoms with Crippen molar-refractivity contribution in [1.82, 2.24) is 0 Å². The minimum atomic E-state index is 0.847. The van der Waals surface area contributed by atoms with Gasteiger partial charge in [-0.1, -0.05) is 25.5 Å². The summed E-state index contributed by atoms with van der Waals surface area (Å²) in [5.41, 5.74) is 7.74. The SMILES string of the molecule is C#N.CCCc1ccc(N)cc1. The highest BCUT2D eigenvalue weighted by molar-refractivity contribution is 5.39. The van der Waals surface area contributed by atoms with Gasteiger partial charge < -0.3 is 5.73 Å². The van der Waals surface area contributed by atoms with E-state index in [1.807, 2.05) is 12.1 Å². The lowest BCUT2D eigenvalue weighted by Crippen LogP contribution is -1.86. The molecular weight excluding hydrogens is 148 g/mol. The normalized spacial score (nSPS) is 8.25. The topological polar surface area (TPSA) is 49.8 Å². The summed E-state index contributed by atoms with van der Waals surface area (Å²) in [4.78, 5) is 0. The third-order valence-corrected chi connectivity index (χ3v) is 1.52. The number of anilines is 1. The Morgan fingerprint density at radius 1 is 1.25 bits per heavy atom. The first-order valence-corrected chi connectivity index (χ1v) is 3.93. The Hall–Kier alpha value is -1.49. The molecule has 2 heteroatoms. The second-order valence-corrected chi connectivity index (χ2v) is 2.49. The highest BCUT2D eigenvalue weighted by Gasteiger charge is 1.88. The Labute approximate surface area is 73.6 Å². The lowest BCUT2D eigenvalue weighted by atomic mass is 10.1. The van der Waals surface area contributed by atoms with Crippen molar-refractivity contribution in [3.8, 4) is 6.57 Å². The number of benzene rings is 1. The third kappa shape index (κ3) is 3.62. The Morgan fingerprint density at radius 3 is 2.17 bits per heavy atom. The third-order valence-electron chi connectivity index (χ3n) is 1.52. The van der Waals surface area contributed by atoms with Crippen molar-refractivity contribution in [2.24, 2.45) is 0 Å². The molecule has 0 aromatic heterocycles. The highest BCUT2D eigenvalue weighted by atomic mass is 14.5. The van der Waals surface area contributed by atoms with Crippen LogP contribution in [0.4, 0.5) is 5.69 Å². The molecule has 0 heterocycles. The van der Waals surface area contributed by atoms with E-state index in [1.165, 1.54) is 12.0 Å². The zero-order valence-electron chi connectivity index (χ0n) is 7.33. The average Bonchev–Trinajstić information content (AvgIpc) is 2.13. The minimum Gasteiger partial charge on any atom is -0.399 e. The van der Waals surface area contributed by atoms with E-state index in [2.05, 4.69) is 25.6 Å². The van der Waals surface area contributed by atoms with Gasteiger partial charge in [0, 0.05) is 12.3 Å². The molecule has 0 atom stereocenters. The van der Waals surface area contributed by atoms with Crippen LogP contribution in [0.5, 0.6) is 0 Å². The first-order valence-electron chi connectivity index (χ1n) is 3.93. The van der Waals surface area contributed by atoms with E-state index in [9.17, 15) is 0 Å². The fourth-order valence-electron chi connectivity index (χ4n) is 0.973. The van der Waals surface area contributed by atoms with Crippen molar-refractivity contribution in [3.63, 3.8) is 0 Å². The maximum absolute atomic E-state index is 6.50. The number of hydrogen-bond donors (Lipinski definition) is 1. The zero-order valence-corrected chi connectivity index (χ0v) is 7.33. The monoisotopic (exact) mass is 162 g/mol. The molecule has 0 bridgehead atoms. The van der Waals surface area contributed by atoms with E-state index in [1.54, 1.807) is 0 Å². The predicted octanol–water partition coefficient (Wildman–Crippen LogP) is 2.36. The molecule has 0 fully saturated rings. The Balaban J connectivity index is 0.000000561. The molecule has 0 aliphatic rings. The van der Waals surface area contributed by atoms with E-state index in [4.69, 9.17) is 11.0 Å². The number of nitrogens with zero attached hydrogens (tertiary/aromatic N) is 1. The second kappa shape index (κ2) is 6.23. The van der Waals surface area contributed by atoms with Gasteiger partial charge in [0.05, 0.1) is 0 Å².